The highest BCUT2D eigenvalue weighted by Gasteiger charge is 2.12. The van der Waals surface area contributed by atoms with Gasteiger partial charge in [0.15, 0.2) is 0 Å². The Morgan fingerprint density at radius 1 is 1.41 bits per heavy atom. The van der Waals surface area contributed by atoms with Crippen molar-refractivity contribution < 1.29 is 4.79 Å². The lowest BCUT2D eigenvalue weighted by atomic mass is 10.1. The first-order valence-corrected chi connectivity index (χ1v) is 5.24. The molecule has 1 aromatic carbocycles. The van der Waals surface area contributed by atoms with Crippen molar-refractivity contribution in [2.75, 3.05) is 11.1 Å². The fourth-order valence-electron chi connectivity index (χ4n) is 1.64. The van der Waals surface area contributed by atoms with Crippen molar-refractivity contribution >= 4 is 17.3 Å². The molecular formula is C12H14N4O. The second-order valence-electron chi connectivity index (χ2n) is 3.83. The zero-order valence-electron chi connectivity index (χ0n) is 9.77. The average Bonchev–Trinajstić information content (AvgIpc) is 2.70. The molecule has 1 aromatic heterocycles. The van der Waals surface area contributed by atoms with Gasteiger partial charge < -0.3 is 11.1 Å². The predicted octanol–water partition coefficient (Wildman–Crippen LogP) is 1.56. The lowest BCUT2D eigenvalue weighted by Gasteiger charge is -2.10. The molecule has 0 spiro atoms. The van der Waals surface area contributed by atoms with Crippen LogP contribution in [0, 0.1) is 6.92 Å². The standard InChI is InChI=1S/C12H14N4O/c1-8-4-3-5-9(13)11(8)15-12(17)10-6-7-14-16(10)2/h3-7H,13H2,1-2H3,(H,15,17). The van der Waals surface area contributed by atoms with E-state index in [0.29, 0.717) is 17.1 Å². The smallest absolute Gasteiger partial charge is 0.273 e. The monoisotopic (exact) mass is 230 g/mol. The summed E-state index contributed by atoms with van der Waals surface area (Å²) in [5.74, 6) is -0.217. The number of nitrogens with two attached hydrogens (primary N) is 1. The highest BCUT2D eigenvalue weighted by molar-refractivity contribution is 6.05. The van der Waals surface area contributed by atoms with Gasteiger partial charge in [-0.1, -0.05) is 12.1 Å². The van der Waals surface area contributed by atoms with E-state index < -0.39 is 0 Å². The van der Waals surface area contributed by atoms with Crippen LogP contribution in [0.3, 0.4) is 0 Å². The third kappa shape index (κ3) is 2.13. The number of rotatable bonds is 2. The molecule has 5 nitrogen and oxygen atoms in total. The number of aryl methyl sites for hydroxylation is 2. The van der Waals surface area contributed by atoms with Gasteiger partial charge in [-0.25, -0.2) is 0 Å². The maximum atomic E-state index is 12.0. The van der Waals surface area contributed by atoms with Crippen molar-refractivity contribution in [3.8, 4) is 0 Å². The molecule has 0 bridgehead atoms. The van der Waals surface area contributed by atoms with E-state index in [1.54, 1.807) is 25.4 Å². The minimum Gasteiger partial charge on any atom is -0.397 e. The Kier molecular flexibility index (Phi) is 2.82. The third-order valence-electron chi connectivity index (χ3n) is 2.60. The van der Waals surface area contributed by atoms with Gasteiger partial charge in [-0.05, 0) is 24.6 Å². The lowest BCUT2D eigenvalue weighted by Crippen LogP contribution is -2.17. The zero-order chi connectivity index (χ0) is 12.4. The minimum absolute atomic E-state index is 0.217. The molecule has 3 N–H and O–H groups in total. The van der Waals surface area contributed by atoms with E-state index in [0.717, 1.165) is 5.56 Å². The molecule has 0 aliphatic carbocycles. The maximum absolute atomic E-state index is 12.0. The molecule has 0 unspecified atom stereocenters. The summed E-state index contributed by atoms with van der Waals surface area (Å²) in [5, 5.41) is 6.75. The predicted molar refractivity (Wildman–Crippen MR) is 66.8 cm³/mol. The first-order chi connectivity index (χ1) is 8.09. The van der Waals surface area contributed by atoms with E-state index in [2.05, 4.69) is 10.4 Å². The van der Waals surface area contributed by atoms with Gasteiger partial charge in [-0.3, -0.25) is 9.48 Å². The number of hydrogen-bond donors (Lipinski definition) is 2. The van der Waals surface area contributed by atoms with Gasteiger partial charge in [0.1, 0.15) is 5.69 Å². The number of nitrogens with one attached hydrogen (secondary N) is 1. The summed E-state index contributed by atoms with van der Waals surface area (Å²) in [4.78, 5) is 12.0. The number of amides is 1. The van der Waals surface area contributed by atoms with Crippen LogP contribution in [0.2, 0.25) is 0 Å². The summed E-state index contributed by atoms with van der Waals surface area (Å²) < 4.78 is 1.52. The second kappa shape index (κ2) is 4.29. The van der Waals surface area contributed by atoms with Crippen LogP contribution < -0.4 is 11.1 Å². The Labute approximate surface area is 99.2 Å². The van der Waals surface area contributed by atoms with E-state index in [4.69, 9.17) is 5.73 Å². The maximum Gasteiger partial charge on any atom is 0.273 e. The van der Waals surface area contributed by atoms with Crippen LogP contribution in [0.4, 0.5) is 11.4 Å². The van der Waals surface area contributed by atoms with Crippen molar-refractivity contribution in [2.24, 2.45) is 7.05 Å². The lowest BCUT2D eigenvalue weighted by molar-refractivity contribution is 0.101. The van der Waals surface area contributed by atoms with Gasteiger partial charge >= 0.3 is 0 Å². The number of anilines is 2. The average molecular weight is 230 g/mol. The SMILES string of the molecule is Cc1cccc(N)c1NC(=O)c1ccnn1C. The molecule has 1 heterocycles. The first kappa shape index (κ1) is 11.2. The summed E-state index contributed by atoms with van der Waals surface area (Å²) in [6.45, 7) is 1.90. The fraction of sp³-hybridized carbons (Fsp3) is 0.167. The van der Waals surface area contributed by atoms with E-state index in [1.807, 2.05) is 19.1 Å². The zero-order valence-corrected chi connectivity index (χ0v) is 9.77. The highest BCUT2D eigenvalue weighted by atomic mass is 16.2. The van der Waals surface area contributed by atoms with Gasteiger partial charge in [0.05, 0.1) is 11.4 Å². The number of carbonyl (C=O) groups is 1. The van der Waals surface area contributed by atoms with E-state index >= 15 is 0 Å². The number of aromatic nitrogens is 2. The summed E-state index contributed by atoms with van der Waals surface area (Å²) in [5.41, 5.74) is 8.46. The molecule has 0 radical (unpaired) electrons. The molecule has 1 amide bonds. The topological polar surface area (TPSA) is 72.9 Å². The molecule has 0 saturated heterocycles. The van der Waals surface area contributed by atoms with Crippen LogP contribution in [0.1, 0.15) is 16.1 Å². The van der Waals surface area contributed by atoms with Crippen molar-refractivity contribution in [3.63, 3.8) is 0 Å². The minimum atomic E-state index is -0.217. The van der Waals surface area contributed by atoms with Crippen molar-refractivity contribution in [1.29, 1.82) is 0 Å². The summed E-state index contributed by atoms with van der Waals surface area (Å²) in [6.07, 6.45) is 1.58. The summed E-state index contributed by atoms with van der Waals surface area (Å²) >= 11 is 0. The molecule has 5 heteroatoms. The summed E-state index contributed by atoms with van der Waals surface area (Å²) in [7, 11) is 1.72. The van der Waals surface area contributed by atoms with Crippen LogP contribution in [0.5, 0.6) is 0 Å². The number of nitrogen functional groups attached to an aromatic ring is 1. The molecule has 88 valence electrons. The Hall–Kier alpha value is -2.30. The molecule has 2 rings (SSSR count). The molecule has 0 atom stereocenters. The Bertz CT molecular complexity index is 539. The molecule has 0 saturated carbocycles. The van der Waals surface area contributed by atoms with Gasteiger partial charge in [0, 0.05) is 13.2 Å². The molecule has 0 fully saturated rings. The quantitative estimate of drug-likeness (QED) is 0.769. The Morgan fingerprint density at radius 3 is 2.76 bits per heavy atom. The molecule has 0 aliphatic heterocycles. The van der Waals surface area contributed by atoms with Gasteiger partial charge in [0.2, 0.25) is 0 Å². The normalized spacial score (nSPS) is 10.2. The fourth-order valence-corrected chi connectivity index (χ4v) is 1.64. The van der Waals surface area contributed by atoms with Crippen LogP contribution in [0.15, 0.2) is 30.5 Å². The Morgan fingerprint density at radius 2 is 2.18 bits per heavy atom. The number of carbonyl (C=O) groups excluding carboxylic acids is 1. The van der Waals surface area contributed by atoms with Gasteiger partial charge in [-0.15, -0.1) is 0 Å². The number of para-hydroxylation sites is 1. The van der Waals surface area contributed by atoms with Crippen LogP contribution in [-0.4, -0.2) is 15.7 Å². The van der Waals surface area contributed by atoms with Crippen molar-refractivity contribution in [2.45, 2.75) is 6.92 Å². The van der Waals surface area contributed by atoms with E-state index in [1.165, 1.54) is 4.68 Å². The van der Waals surface area contributed by atoms with E-state index in [9.17, 15) is 4.79 Å². The molecule has 2 aromatic rings. The summed E-state index contributed by atoms with van der Waals surface area (Å²) in [6, 6.07) is 7.16. The number of benzene rings is 1. The second-order valence-corrected chi connectivity index (χ2v) is 3.83. The van der Waals surface area contributed by atoms with Crippen LogP contribution in [0.25, 0.3) is 0 Å². The van der Waals surface area contributed by atoms with Crippen molar-refractivity contribution in [1.82, 2.24) is 9.78 Å². The largest absolute Gasteiger partial charge is 0.397 e. The molecule has 0 aliphatic rings. The Balaban J connectivity index is 2.28. The van der Waals surface area contributed by atoms with Crippen molar-refractivity contribution in [3.05, 3.63) is 41.7 Å². The highest BCUT2D eigenvalue weighted by Crippen LogP contribution is 2.22. The van der Waals surface area contributed by atoms with Gasteiger partial charge in [0.25, 0.3) is 5.91 Å². The number of nitrogens with zero attached hydrogens (tertiary/aromatic N) is 2. The van der Waals surface area contributed by atoms with Crippen LogP contribution >= 0.6 is 0 Å². The molecule has 17 heavy (non-hydrogen) atoms. The van der Waals surface area contributed by atoms with E-state index in [-0.39, 0.29) is 5.91 Å². The van der Waals surface area contributed by atoms with Crippen LogP contribution in [-0.2, 0) is 7.05 Å². The third-order valence-corrected chi connectivity index (χ3v) is 2.60. The number of hydrogen-bond acceptors (Lipinski definition) is 3. The van der Waals surface area contributed by atoms with Gasteiger partial charge in [-0.2, -0.15) is 5.10 Å². The first-order valence-electron chi connectivity index (χ1n) is 5.24. The molecular weight excluding hydrogens is 216 g/mol.